The lowest BCUT2D eigenvalue weighted by atomic mass is 9.79. The number of carbonyl (C=O) groups is 2. The van der Waals surface area contributed by atoms with E-state index in [-0.39, 0.29) is 23.8 Å². The first-order valence-corrected chi connectivity index (χ1v) is 6.48. The molecule has 0 aromatic rings. The maximum absolute atomic E-state index is 11.9. The lowest BCUT2D eigenvalue weighted by Crippen LogP contribution is -2.36. The van der Waals surface area contributed by atoms with Crippen LogP contribution in [0.2, 0.25) is 0 Å². The zero-order chi connectivity index (χ0) is 12.9. The first-order chi connectivity index (χ1) is 7.97. The molecule has 1 atom stereocenters. The van der Waals surface area contributed by atoms with Gasteiger partial charge in [0.2, 0.25) is 5.91 Å². The summed E-state index contributed by atoms with van der Waals surface area (Å²) in [6.45, 7) is 3.99. The molecule has 17 heavy (non-hydrogen) atoms. The maximum atomic E-state index is 11.9. The molecule has 1 saturated carbocycles. The van der Waals surface area contributed by atoms with Crippen molar-refractivity contribution in [2.75, 3.05) is 0 Å². The largest absolute Gasteiger partial charge is 0.481 e. The van der Waals surface area contributed by atoms with Gasteiger partial charge < -0.3 is 10.4 Å². The molecule has 0 heterocycles. The third-order valence-corrected chi connectivity index (χ3v) is 3.75. The van der Waals surface area contributed by atoms with Gasteiger partial charge in [-0.3, -0.25) is 9.59 Å². The second-order valence-corrected chi connectivity index (χ2v) is 5.33. The Kier molecular flexibility index (Phi) is 4.97. The van der Waals surface area contributed by atoms with Crippen molar-refractivity contribution in [2.45, 2.75) is 64.8 Å². The third-order valence-electron chi connectivity index (χ3n) is 3.75. The van der Waals surface area contributed by atoms with Crippen LogP contribution < -0.4 is 5.32 Å². The van der Waals surface area contributed by atoms with Crippen molar-refractivity contribution in [2.24, 2.45) is 5.41 Å². The molecule has 4 heteroatoms. The third kappa shape index (κ3) is 4.36. The van der Waals surface area contributed by atoms with Crippen LogP contribution in [0.1, 0.15) is 58.8 Å². The number of carboxylic acids is 1. The monoisotopic (exact) mass is 241 g/mol. The Morgan fingerprint density at radius 1 is 1.29 bits per heavy atom. The highest BCUT2D eigenvalue weighted by Gasteiger charge is 2.38. The van der Waals surface area contributed by atoms with Crippen LogP contribution in [0.4, 0.5) is 0 Å². The van der Waals surface area contributed by atoms with Gasteiger partial charge in [-0.25, -0.2) is 0 Å². The van der Waals surface area contributed by atoms with Crippen molar-refractivity contribution in [1.82, 2.24) is 5.32 Å². The van der Waals surface area contributed by atoms with Gasteiger partial charge in [-0.15, -0.1) is 0 Å². The summed E-state index contributed by atoms with van der Waals surface area (Å²) in [5, 5.41) is 11.9. The number of amides is 1. The zero-order valence-corrected chi connectivity index (χ0v) is 10.8. The Hall–Kier alpha value is -1.06. The van der Waals surface area contributed by atoms with Gasteiger partial charge in [0, 0.05) is 12.5 Å². The number of carboxylic acid groups (broad SMARTS) is 1. The van der Waals surface area contributed by atoms with Gasteiger partial charge in [0.25, 0.3) is 0 Å². The van der Waals surface area contributed by atoms with Gasteiger partial charge in [-0.1, -0.05) is 19.8 Å². The Morgan fingerprint density at radius 2 is 1.88 bits per heavy atom. The van der Waals surface area contributed by atoms with Crippen molar-refractivity contribution >= 4 is 11.9 Å². The van der Waals surface area contributed by atoms with E-state index in [2.05, 4.69) is 5.32 Å². The number of hydrogen-bond donors (Lipinski definition) is 2. The molecule has 2 N–H and O–H groups in total. The molecule has 1 amide bonds. The molecule has 0 bridgehead atoms. The molecule has 0 radical (unpaired) electrons. The van der Waals surface area contributed by atoms with E-state index < -0.39 is 5.97 Å². The summed E-state index contributed by atoms with van der Waals surface area (Å²) >= 11 is 0. The van der Waals surface area contributed by atoms with E-state index in [1.165, 1.54) is 0 Å². The summed E-state index contributed by atoms with van der Waals surface area (Å²) in [7, 11) is 0. The average Bonchev–Trinajstić information content (AvgIpc) is 2.64. The van der Waals surface area contributed by atoms with Gasteiger partial charge in [0.1, 0.15) is 0 Å². The summed E-state index contributed by atoms with van der Waals surface area (Å²) in [4.78, 5) is 22.7. The number of carbonyl (C=O) groups excluding carboxylic acids is 1. The molecular formula is C13H23NO3. The smallest absolute Gasteiger partial charge is 0.303 e. The first kappa shape index (κ1) is 14.0. The summed E-state index contributed by atoms with van der Waals surface area (Å²) < 4.78 is 0. The molecule has 1 aliphatic carbocycles. The fourth-order valence-electron chi connectivity index (χ4n) is 2.63. The first-order valence-electron chi connectivity index (χ1n) is 6.48. The number of hydrogen-bond acceptors (Lipinski definition) is 2. The van der Waals surface area contributed by atoms with Crippen LogP contribution in [0, 0.1) is 5.41 Å². The van der Waals surface area contributed by atoms with Crippen molar-refractivity contribution in [3.05, 3.63) is 0 Å². The molecule has 1 aliphatic rings. The summed E-state index contributed by atoms with van der Waals surface area (Å²) in [6.07, 6.45) is 5.22. The summed E-state index contributed by atoms with van der Waals surface area (Å²) in [6, 6.07) is 0.172. The van der Waals surface area contributed by atoms with Crippen LogP contribution in [-0.4, -0.2) is 23.0 Å². The second-order valence-electron chi connectivity index (χ2n) is 5.33. The molecule has 0 aliphatic heterocycles. The van der Waals surface area contributed by atoms with Gasteiger partial charge in [-0.05, 0) is 31.6 Å². The number of aliphatic carboxylic acids is 1. The van der Waals surface area contributed by atoms with Crippen LogP contribution in [0.15, 0.2) is 0 Å². The highest BCUT2D eigenvalue weighted by atomic mass is 16.4. The second kappa shape index (κ2) is 6.03. The van der Waals surface area contributed by atoms with E-state index in [4.69, 9.17) is 5.11 Å². The molecule has 0 aromatic carbocycles. The van der Waals surface area contributed by atoms with Gasteiger partial charge in [-0.2, -0.15) is 0 Å². The van der Waals surface area contributed by atoms with Crippen molar-refractivity contribution < 1.29 is 14.7 Å². The van der Waals surface area contributed by atoms with E-state index >= 15 is 0 Å². The molecule has 1 rings (SSSR count). The molecule has 1 unspecified atom stereocenters. The van der Waals surface area contributed by atoms with Crippen molar-refractivity contribution in [1.29, 1.82) is 0 Å². The Balaban J connectivity index is 2.54. The molecule has 4 nitrogen and oxygen atoms in total. The predicted molar refractivity (Wildman–Crippen MR) is 65.7 cm³/mol. The Bertz CT molecular complexity index is 282. The average molecular weight is 241 g/mol. The normalized spacial score (nSPS) is 19.9. The van der Waals surface area contributed by atoms with E-state index in [1.54, 1.807) is 0 Å². The topological polar surface area (TPSA) is 66.4 Å². The van der Waals surface area contributed by atoms with Gasteiger partial charge in [0.05, 0.1) is 6.42 Å². The summed E-state index contributed by atoms with van der Waals surface area (Å²) in [5.74, 6) is -0.786. The minimum absolute atomic E-state index is 0.00231. The Morgan fingerprint density at radius 3 is 2.35 bits per heavy atom. The lowest BCUT2D eigenvalue weighted by Gasteiger charge is -2.27. The maximum Gasteiger partial charge on any atom is 0.303 e. The van der Waals surface area contributed by atoms with E-state index in [1.807, 2.05) is 13.8 Å². The fourth-order valence-corrected chi connectivity index (χ4v) is 2.63. The van der Waals surface area contributed by atoms with Crippen LogP contribution >= 0.6 is 0 Å². The Labute approximate surface area is 103 Å². The highest BCUT2D eigenvalue weighted by molar-refractivity contribution is 5.78. The highest BCUT2D eigenvalue weighted by Crippen LogP contribution is 2.44. The standard InChI is InChI=1S/C13H23NO3/c1-3-10(2)14-11(15)8-13(9-12(16)17)6-4-5-7-13/h10H,3-9H2,1-2H3,(H,14,15)(H,16,17). The SMILES string of the molecule is CCC(C)NC(=O)CC1(CC(=O)O)CCCC1. The van der Waals surface area contributed by atoms with E-state index in [9.17, 15) is 9.59 Å². The van der Waals surface area contributed by atoms with Crippen LogP contribution in [0.25, 0.3) is 0 Å². The van der Waals surface area contributed by atoms with Crippen LogP contribution in [0.3, 0.4) is 0 Å². The molecule has 1 fully saturated rings. The molecular weight excluding hydrogens is 218 g/mol. The predicted octanol–water partition coefficient (Wildman–Crippen LogP) is 2.33. The molecule has 0 saturated heterocycles. The zero-order valence-electron chi connectivity index (χ0n) is 10.8. The van der Waals surface area contributed by atoms with Gasteiger partial charge in [0.15, 0.2) is 0 Å². The minimum atomic E-state index is -0.789. The van der Waals surface area contributed by atoms with Crippen LogP contribution in [-0.2, 0) is 9.59 Å². The van der Waals surface area contributed by atoms with Crippen molar-refractivity contribution in [3.63, 3.8) is 0 Å². The quantitative estimate of drug-likeness (QED) is 0.750. The van der Waals surface area contributed by atoms with E-state index in [0.717, 1.165) is 32.1 Å². The number of rotatable bonds is 6. The summed E-state index contributed by atoms with van der Waals surface area (Å²) in [5.41, 5.74) is -0.288. The lowest BCUT2D eigenvalue weighted by molar-refractivity contribution is -0.140. The molecule has 0 aromatic heterocycles. The van der Waals surface area contributed by atoms with Crippen LogP contribution in [0.5, 0.6) is 0 Å². The molecule has 0 spiro atoms. The van der Waals surface area contributed by atoms with E-state index in [0.29, 0.717) is 6.42 Å². The minimum Gasteiger partial charge on any atom is -0.481 e. The molecule has 98 valence electrons. The number of nitrogens with one attached hydrogen (secondary N) is 1. The van der Waals surface area contributed by atoms with Crippen molar-refractivity contribution in [3.8, 4) is 0 Å². The fraction of sp³-hybridized carbons (Fsp3) is 0.846. The van der Waals surface area contributed by atoms with Gasteiger partial charge >= 0.3 is 5.97 Å².